The molecule has 1 unspecified atom stereocenters. The van der Waals surface area contributed by atoms with E-state index >= 15 is 0 Å². The zero-order valence-electron chi connectivity index (χ0n) is 12.7. The van der Waals surface area contributed by atoms with E-state index in [1.807, 2.05) is 17.0 Å². The van der Waals surface area contributed by atoms with Crippen LogP contribution >= 0.6 is 11.6 Å². The first-order valence-electron chi connectivity index (χ1n) is 8.12. The Kier molecular flexibility index (Phi) is 3.81. The maximum absolute atomic E-state index is 12.5. The summed E-state index contributed by atoms with van der Waals surface area (Å²) in [5.41, 5.74) is 0.861. The van der Waals surface area contributed by atoms with Crippen LogP contribution in [0.15, 0.2) is 28.8 Å². The summed E-state index contributed by atoms with van der Waals surface area (Å²) in [6.07, 6.45) is 5.05. The largest absolute Gasteiger partial charge is 0.337 e. The summed E-state index contributed by atoms with van der Waals surface area (Å²) in [6.45, 7) is 0.790. The summed E-state index contributed by atoms with van der Waals surface area (Å²) in [7, 11) is 0. The Bertz CT molecular complexity index is 709. The summed E-state index contributed by atoms with van der Waals surface area (Å²) in [4.78, 5) is 19.0. The fraction of sp³-hybridized carbons (Fsp3) is 0.471. The lowest BCUT2D eigenvalue weighted by molar-refractivity contribution is -0.137. The lowest BCUT2D eigenvalue weighted by Gasteiger charge is -2.33. The normalized spacial score (nSPS) is 21.4. The molecule has 2 fully saturated rings. The molecule has 0 bridgehead atoms. The molecular formula is C17H18ClN3O2. The van der Waals surface area contributed by atoms with Gasteiger partial charge in [0.25, 0.3) is 0 Å². The molecule has 0 radical (unpaired) electrons. The molecule has 1 aliphatic heterocycles. The lowest BCUT2D eigenvalue weighted by Crippen LogP contribution is -2.39. The molecule has 1 aliphatic carbocycles. The van der Waals surface area contributed by atoms with Crippen LogP contribution in [0.2, 0.25) is 5.02 Å². The van der Waals surface area contributed by atoms with Crippen LogP contribution in [-0.4, -0.2) is 27.5 Å². The van der Waals surface area contributed by atoms with Crippen LogP contribution in [0.25, 0.3) is 11.4 Å². The first kappa shape index (κ1) is 14.7. The predicted octanol–water partition coefficient (Wildman–Crippen LogP) is 3.85. The maximum atomic E-state index is 12.5. The van der Waals surface area contributed by atoms with Crippen LogP contribution < -0.4 is 0 Å². The van der Waals surface area contributed by atoms with Crippen molar-refractivity contribution in [2.45, 2.75) is 38.1 Å². The van der Waals surface area contributed by atoms with Crippen molar-refractivity contribution in [3.8, 4) is 11.4 Å². The molecule has 2 aromatic rings. The molecule has 5 nitrogen and oxygen atoms in total. The average Bonchev–Trinajstić information content (AvgIpc) is 3.32. The number of carbonyl (C=O) groups is 1. The zero-order chi connectivity index (χ0) is 15.8. The predicted molar refractivity (Wildman–Crippen MR) is 85.8 cm³/mol. The monoisotopic (exact) mass is 331 g/mol. The van der Waals surface area contributed by atoms with Crippen LogP contribution in [0, 0.1) is 5.92 Å². The third kappa shape index (κ3) is 2.98. The third-order valence-corrected chi connectivity index (χ3v) is 4.79. The van der Waals surface area contributed by atoms with Gasteiger partial charge in [0.15, 0.2) is 0 Å². The second kappa shape index (κ2) is 5.96. The van der Waals surface area contributed by atoms with E-state index in [4.69, 9.17) is 16.1 Å². The maximum Gasteiger partial charge on any atom is 0.249 e. The number of nitrogens with zero attached hydrogens (tertiary/aromatic N) is 3. The van der Waals surface area contributed by atoms with Gasteiger partial charge >= 0.3 is 0 Å². The fourth-order valence-corrected chi connectivity index (χ4v) is 3.23. The van der Waals surface area contributed by atoms with E-state index in [-0.39, 0.29) is 17.9 Å². The summed E-state index contributed by atoms with van der Waals surface area (Å²) in [5.74, 6) is 1.56. The lowest BCUT2D eigenvalue weighted by atomic mass is 10.0. The van der Waals surface area contributed by atoms with Crippen LogP contribution in [0.3, 0.4) is 0 Å². The molecule has 120 valence electrons. The van der Waals surface area contributed by atoms with Gasteiger partial charge in [-0.05, 0) is 56.4 Å². The molecule has 4 rings (SSSR count). The van der Waals surface area contributed by atoms with Crippen LogP contribution in [-0.2, 0) is 4.79 Å². The Morgan fingerprint density at radius 1 is 1.17 bits per heavy atom. The number of hydrogen-bond acceptors (Lipinski definition) is 4. The SMILES string of the molecule is O=C(C1CC1)N1CCCCC1c1nc(-c2ccc(Cl)cc2)no1. The number of hydrogen-bond donors (Lipinski definition) is 0. The van der Waals surface area contributed by atoms with Crippen LogP contribution in [0.5, 0.6) is 0 Å². The molecule has 1 amide bonds. The Labute approximate surface area is 139 Å². The molecule has 0 N–H and O–H groups in total. The van der Waals surface area contributed by atoms with E-state index in [0.29, 0.717) is 16.7 Å². The summed E-state index contributed by atoms with van der Waals surface area (Å²) >= 11 is 5.91. The van der Waals surface area contributed by atoms with Gasteiger partial charge in [-0.15, -0.1) is 0 Å². The number of aromatic nitrogens is 2. The third-order valence-electron chi connectivity index (χ3n) is 4.54. The highest BCUT2D eigenvalue weighted by Gasteiger charge is 2.39. The van der Waals surface area contributed by atoms with Crippen molar-refractivity contribution in [1.82, 2.24) is 15.0 Å². The second-order valence-electron chi connectivity index (χ2n) is 6.28. The van der Waals surface area contributed by atoms with Crippen molar-refractivity contribution < 1.29 is 9.32 Å². The van der Waals surface area contributed by atoms with Gasteiger partial charge in [0.05, 0.1) is 0 Å². The van der Waals surface area contributed by atoms with E-state index in [0.717, 1.165) is 44.2 Å². The molecule has 2 aliphatic rings. The Balaban J connectivity index is 1.58. The zero-order valence-corrected chi connectivity index (χ0v) is 13.5. The van der Waals surface area contributed by atoms with E-state index in [2.05, 4.69) is 10.1 Å². The summed E-state index contributed by atoms with van der Waals surface area (Å²) < 4.78 is 5.48. The average molecular weight is 332 g/mol. The van der Waals surface area contributed by atoms with Gasteiger partial charge in [-0.1, -0.05) is 16.8 Å². The molecule has 1 saturated heterocycles. The van der Waals surface area contributed by atoms with E-state index in [9.17, 15) is 4.79 Å². The van der Waals surface area contributed by atoms with Gasteiger partial charge in [0.2, 0.25) is 17.6 Å². The topological polar surface area (TPSA) is 59.2 Å². The molecule has 23 heavy (non-hydrogen) atoms. The van der Waals surface area contributed by atoms with Crippen molar-refractivity contribution in [2.75, 3.05) is 6.54 Å². The highest BCUT2D eigenvalue weighted by molar-refractivity contribution is 6.30. The van der Waals surface area contributed by atoms with Crippen LogP contribution in [0.1, 0.15) is 44.0 Å². The Hall–Kier alpha value is -1.88. The number of benzene rings is 1. The number of piperidine rings is 1. The van der Waals surface area contributed by atoms with Crippen molar-refractivity contribution >= 4 is 17.5 Å². The van der Waals surface area contributed by atoms with E-state index in [1.54, 1.807) is 12.1 Å². The Morgan fingerprint density at radius 2 is 1.96 bits per heavy atom. The number of likely N-dealkylation sites (tertiary alicyclic amines) is 1. The minimum atomic E-state index is -0.0783. The Morgan fingerprint density at radius 3 is 2.70 bits per heavy atom. The molecule has 6 heteroatoms. The smallest absolute Gasteiger partial charge is 0.249 e. The standard InChI is InChI=1S/C17H18ClN3O2/c18-13-8-6-11(7-9-13)15-19-16(23-20-15)14-3-1-2-10-21(14)17(22)12-4-5-12/h6-9,12,14H,1-5,10H2. The number of halogens is 1. The molecular weight excluding hydrogens is 314 g/mol. The van der Waals surface area contributed by atoms with Crippen molar-refractivity contribution in [2.24, 2.45) is 5.92 Å². The minimum Gasteiger partial charge on any atom is -0.337 e. The van der Waals surface area contributed by atoms with Gasteiger partial charge < -0.3 is 9.42 Å². The molecule has 2 heterocycles. The van der Waals surface area contributed by atoms with Gasteiger partial charge in [-0.25, -0.2) is 0 Å². The van der Waals surface area contributed by atoms with E-state index in [1.165, 1.54) is 0 Å². The number of carbonyl (C=O) groups excluding carboxylic acids is 1. The fourth-order valence-electron chi connectivity index (χ4n) is 3.10. The quantitative estimate of drug-likeness (QED) is 0.857. The molecule has 1 aromatic heterocycles. The van der Waals surface area contributed by atoms with Gasteiger partial charge in [-0.2, -0.15) is 4.98 Å². The van der Waals surface area contributed by atoms with E-state index < -0.39 is 0 Å². The highest BCUT2D eigenvalue weighted by atomic mass is 35.5. The summed E-state index contributed by atoms with van der Waals surface area (Å²) in [5, 5.41) is 4.75. The van der Waals surface area contributed by atoms with Crippen molar-refractivity contribution in [3.05, 3.63) is 35.2 Å². The second-order valence-corrected chi connectivity index (χ2v) is 6.72. The highest BCUT2D eigenvalue weighted by Crippen LogP contribution is 2.37. The first-order chi connectivity index (χ1) is 11.2. The number of rotatable bonds is 3. The van der Waals surface area contributed by atoms with Gasteiger partial charge in [0, 0.05) is 23.0 Å². The van der Waals surface area contributed by atoms with Crippen molar-refractivity contribution in [1.29, 1.82) is 0 Å². The van der Waals surface area contributed by atoms with Gasteiger partial charge in [0.1, 0.15) is 6.04 Å². The molecule has 1 saturated carbocycles. The molecule has 1 aromatic carbocycles. The molecule has 0 spiro atoms. The van der Waals surface area contributed by atoms with Crippen LogP contribution in [0.4, 0.5) is 0 Å². The van der Waals surface area contributed by atoms with Gasteiger partial charge in [-0.3, -0.25) is 4.79 Å². The minimum absolute atomic E-state index is 0.0783. The summed E-state index contributed by atoms with van der Waals surface area (Å²) in [6, 6.07) is 7.26. The van der Waals surface area contributed by atoms with Crippen molar-refractivity contribution in [3.63, 3.8) is 0 Å². The first-order valence-corrected chi connectivity index (χ1v) is 8.50. The number of amides is 1. The molecule has 1 atom stereocenters.